The molecule has 0 spiro atoms. The van der Waals surface area contributed by atoms with Crippen LogP contribution in [0.3, 0.4) is 0 Å². The van der Waals surface area contributed by atoms with Gasteiger partial charge in [0.05, 0.1) is 11.4 Å². The van der Waals surface area contributed by atoms with Crippen LogP contribution in [0.1, 0.15) is 40.4 Å². The molecule has 2 amide bonds. The third-order valence-electron chi connectivity index (χ3n) is 6.48. The van der Waals surface area contributed by atoms with E-state index in [4.69, 9.17) is 9.47 Å². The molecule has 3 N–H and O–H groups in total. The molecule has 1 saturated carbocycles. The van der Waals surface area contributed by atoms with Gasteiger partial charge in [-0.1, -0.05) is 18.2 Å². The van der Waals surface area contributed by atoms with E-state index in [1.54, 1.807) is 54.6 Å². The summed E-state index contributed by atoms with van der Waals surface area (Å²) in [5, 5.41) is 20.6. The second kappa shape index (κ2) is 9.55. The van der Waals surface area contributed by atoms with Gasteiger partial charge in [0, 0.05) is 34.8 Å². The lowest BCUT2D eigenvalue weighted by Gasteiger charge is -2.09. The first-order valence-electron chi connectivity index (χ1n) is 12.1. The number of nitrogens with one attached hydrogen (secondary N) is 2. The van der Waals surface area contributed by atoms with E-state index in [2.05, 4.69) is 15.7 Å². The van der Waals surface area contributed by atoms with E-state index in [1.807, 2.05) is 0 Å². The zero-order valence-electron chi connectivity index (χ0n) is 20.1. The van der Waals surface area contributed by atoms with Crippen molar-refractivity contribution in [2.24, 2.45) is 0 Å². The van der Waals surface area contributed by atoms with Gasteiger partial charge in [0.1, 0.15) is 11.6 Å². The molecule has 9 nitrogen and oxygen atoms in total. The minimum atomic E-state index is -0.492. The lowest BCUT2D eigenvalue weighted by atomic mass is 10.1. The minimum absolute atomic E-state index is 0.0113. The molecule has 2 heterocycles. The molecule has 3 aromatic carbocycles. The van der Waals surface area contributed by atoms with Gasteiger partial charge in [-0.3, -0.25) is 4.79 Å². The highest BCUT2D eigenvalue weighted by molar-refractivity contribution is 6.05. The molecule has 38 heavy (non-hydrogen) atoms. The minimum Gasteiger partial charge on any atom is -0.507 e. The van der Waals surface area contributed by atoms with E-state index in [9.17, 15) is 19.1 Å². The van der Waals surface area contributed by atoms with Crippen molar-refractivity contribution in [1.82, 2.24) is 15.1 Å². The van der Waals surface area contributed by atoms with Crippen molar-refractivity contribution < 1.29 is 28.6 Å². The maximum atomic E-state index is 14.0. The Labute approximate surface area is 216 Å². The van der Waals surface area contributed by atoms with Gasteiger partial charge in [0.25, 0.3) is 5.91 Å². The molecular weight excluding hydrogens is 491 g/mol. The smallest absolute Gasteiger partial charge is 0.342 e. The zero-order chi connectivity index (χ0) is 26.2. The molecule has 0 bridgehead atoms. The van der Waals surface area contributed by atoms with Gasteiger partial charge < -0.3 is 25.2 Å². The fourth-order valence-corrected chi connectivity index (χ4v) is 4.31. The summed E-state index contributed by atoms with van der Waals surface area (Å²) in [7, 11) is 0. The Morgan fingerprint density at radius 3 is 2.66 bits per heavy atom. The third kappa shape index (κ3) is 4.63. The molecular formula is C28H23FN4O5. The highest BCUT2D eigenvalue weighted by atomic mass is 19.1. The van der Waals surface area contributed by atoms with Crippen LogP contribution in [0.15, 0.2) is 66.7 Å². The fourth-order valence-electron chi connectivity index (χ4n) is 4.31. The van der Waals surface area contributed by atoms with Gasteiger partial charge in [0.15, 0.2) is 11.5 Å². The Morgan fingerprint density at radius 1 is 1.03 bits per heavy atom. The van der Waals surface area contributed by atoms with Crippen LogP contribution in [0.25, 0.3) is 11.3 Å². The standard InChI is InChI=1S/C28H23FN4O5/c29-21-4-2-1-3-18(21)14-30-28(36)33-23(16-5-6-16)13-22(32-33)20-12-19(8-9-24(20)34)31-27(35)17-7-10-25-26(11-17)38-15-37-25/h1-4,7-13,16,34H,5-6,14-15H2,(H,30,36)(H,31,35). The molecule has 10 heteroatoms. The number of carbonyl (C=O) groups is 2. The maximum absolute atomic E-state index is 14.0. The fraction of sp³-hybridized carbons (Fsp3) is 0.179. The molecule has 0 saturated heterocycles. The molecule has 2 aliphatic rings. The quantitative estimate of drug-likeness (QED) is 0.312. The molecule has 1 fully saturated rings. The van der Waals surface area contributed by atoms with Crippen LogP contribution in [0.4, 0.5) is 14.9 Å². The van der Waals surface area contributed by atoms with Crippen molar-refractivity contribution in [3.63, 3.8) is 0 Å². The molecule has 1 aliphatic heterocycles. The zero-order valence-corrected chi connectivity index (χ0v) is 20.1. The van der Waals surface area contributed by atoms with Crippen molar-refractivity contribution in [3.05, 3.63) is 89.4 Å². The Hall–Kier alpha value is -4.86. The van der Waals surface area contributed by atoms with E-state index >= 15 is 0 Å². The number of hydrogen-bond donors (Lipinski definition) is 3. The summed E-state index contributed by atoms with van der Waals surface area (Å²) in [5.41, 5.74) is 2.63. The van der Waals surface area contributed by atoms with Gasteiger partial charge in [-0.05, 0) is 61.4 Å². The topological polar surface area (TPSA) is 115 Å². The van der Waals surface area contributed by atoms with Gasteiger partial charge in [-0.15, -0.1) is 0 Å². The van der Waals surface area contributed by atoms with Crippen LogP contribution in [0.5, 0.6) is 17.2 Å². The van der Waals surface area contributed by atoms with Gasteiger partial charge >= 0.3 is 6.03 Å². The average molecular weight is 515 g/mol. The van der Waals surface area contributed by atoms with Crippen LogP contribution in [-0.2, 0) is 6.54 Å². The number of carbonyl (C=O) groups excluding carboxylic acids is 2. The number of aromatic hydroxyl groups is 1. The van der Waals surface area contributed by atoms with Crippen LogP contribution in [0, 0.1) is 5.82 Å². The van der Waals surface area contributed by atoms with E-state index in [-0.39, 0.29) is 30.9 Å². The number of hydrogen-bond acceptors (Lipinski definition) is 6. The third-order valence-corrected chi connectivity index (χ3v) is 6.48. The largest absolute Gasteiger partial charge is 0.507 e. The van der Waals surface area contributed by atoms with E-state index in [0.29, 0.717) is 45.3 Å². The Bertz CT molecular complexity index is 1560. The number of rotatable bonds is 6. The normalized spacial score (nSPS) is 13.8. The van der Waals surface area contributed by atoms with Crippen LogP contribution >= 0.6 is 0 Å². The summed E-state index contributed by atoms with van der Waals surface area (Å²) in [6.07, 6.45) is 1.84. The molecule has 1 aliphatic carbocycles. The lowest BCUT2D eigenvalue weighted by molar-refractivity contribution is 0.102. The number of ether oxygens (including phenoxy) is 2. The highest BCUT2D eigenvalue weighted by Gasteiger charge is 2.31. The summed E-state index contributed by atoms with van der Waals surface area (Å²) in [5.74, 6) is 0.429. The number of halogens is 1. The highest BCUT2D eigenvalue weighted by Crippen LogP contribution is 2.42. The predicted molar refractivity (Wildman–Crippen MR) is 136 cm³/mol. The summed E-state index contributed by atoms with van der Waals surface area (Å²) in [4.78, 5) is 25.8. The molecule has 0 atom stereocenters. The predicted octanol–water partition coefficient (Wildman–Crippen LogP) is 5.01. The van der Waals surface area contributed by atoms with Gasteiger partial charge in [-0.2, -0.15) is 9.78 Å². The molecule has 4 aromatic rings. The summed E-state index contributed by atoms with van der Waals surface area (Å²) in [6, 6.07) is 17.0. The molecule has 192 valence electrons. The molecule has 0 radical (unpaired) electrons. The number of nitrogens with zero attached hydrogens (tertiary/aromatic N) is 2. The maximum Gasteiger partial charge on any atom is 0.342 e. The number of amides is 2. The summed E-state index contributed by atoms with van der Waals surface area (Å²) in [6.45, 7) is 0.121. The van der Waals surface area contributed by atoms with Crippen molar-refractivity contribution in [2.45, 2.75) is 25.3 Å². The van der Waals surface area contributed by atoms with Crippen molar-refractivity contribution in [1.29, 1.82) is 0 Å². The molecule has 0 unspecified atom stereocenters. The van der Waals surface area contributed by atoms with E-state index in [1.165, 1.54) is 16.8 Å². The second-order valence-electron chi connectivity index (χ2n) is 9.14. The number of anilines is 1. The SMILES string of the molecule is O=C(Nc1ccc(O)c(-c2cc(C3CC3)n(C(=O)NCc3ccccc3F)n2)c1)c1ccc2c(c1)OCO2. The van der Waals surface area contributed by atoms with Gasteiger partial charge in [-0.25, -0.2) is 9.18 Å². The number of aromatic nitrogens is 2. The Kier molecular flexibility index (Phi) is 5.91. The van der Waals surface area contributed by atoms with Gasteiger partial charge in [0.2, 0.25) is 6.79 Å². The van der Waals surface area contributed by atoms with E-state index < -0.39 is 11.8 Å². The monoisotopic (exact) mass is 514 g/mol. The van der Waals surface area contributed by atoms with Crippen molar-refractivity contribution >= 4 is 17.6 Å². The Morgan fingerprint density at radius 2 is 1.84 bits per heavy atom. The first-order chi connectivity index (χ1) is 18.5. The van der Waals surface area contributed by atoms with Crippen LogP contribution in [0.2, 0.25) is 0 Å². The molecule has 1 aromatic heterocycles. The lowest BCUT2D eigenvalue weighted by Crippen LogP contribution is -2.30. The number of phenols is 1. The van der Waals surface area contributed by atoms with Crippen molar-refractivity contribution in [3.8, 4) is 28.5 Å². The average Bonchev–Trinajstić information content (AvgIpc) is 3.49. The van der Waals surface area contributed by atoms with Crippen LogP contribution in [-0.4, -0.2) is 33.6 Å². The second-order valence-corrected chi connectivity index (χ2v) is 9.14. The molecule has 6 rings (SSSR count). The number of benzene rings is 3. The van der Waals surface area contributed by atoms with E-state index in [0.717, 1.165) is 12.8 Å². The van der Waals surface area contributed by atoms with Crippen molar-refractivity contribution in [2.75, 3.05) is 12.1 Å². The number of phenolic OH excluding ortho intramolecular Hbond substituents is 1. The first-order valence-corrected chi connectivity index (χ1v) is 12.1. The number of fused-ring (bicyclic) bond motifs is 1. The van der Waals surface area contributed by atoms with Crippen LogP contribution < -0.4 is 20.1 Å². The first kappa shape index (κ1) is 23.5. The Balaban J connectivity index is 1.24. The summed E-state index contributed by atoms with van der Waals surface area (Å²) < 4.78 is 25.9. The summed E-state index contributed by atoms with van der Waals surface area (Å²) >= 11 is 0.